The Labute approximate surface area is 289 Å². The second kappa shape index (κ2) is 15.7. The fourth-order valence-electron chi connectivity index (χ4n) is 5.16. The van der Waals surface area contributed by atoms with E-state index in [9.17, 15) is 9.59 Å². The molecule has 0 radical (unpaired) electrons. The molecule has 0 saturated heterocycles. The minimum absolute atomic E-state index is 0.178. The summed E-state index contributed by atoms with van der Waals surface area (Å²) in [5.74, 6) is 1.43. The van der Waals surface area contributed by atoms with Gasteiger partial charge in [-0.05, 0) is 85.1 Å². The van der Waals surface area contributed by atoms with E-state index in [0.29, 0.717) is 63.1 Å². The third-order valence-electron chi connectivity index (χ3n) is 7.70. The second-order valence-electron chi connectivity index (χ2n) is 11.1. The number of carboxylic acids is 1. The minimum Gasteiger partial charge on any atom is -0.497 e. The van der Waals surface area contributed by atoms with Crippen LogP contribution in [0.4, 0.5) is 0 Å². The highest BCUT2D eigenvalue weighted by Gasteiger charge is 2.24. The van der Waals surface area contributed by atoms with Crippen molar-refractivity contribution in [3.8, 4) is 34.3 Å². The third-order valence-corrected chi connectivity index (χ3v) is 8.25. The predicted molar refractivity (Wildman–Crippen MR) is 186 cm³/mol. The number of aromatic nitrogens is 2. The monoisotopic (exact) mass is 687 g/mol. The summed E-state index contributed by atoms with van der Waals surface area (Å²) in [6.45, 7) is 2.81. The van der Waals surface area contributed by atoms with Gasteiger partial charge in [-0.1, -0.05) is 48.7 Å². The Morgan fingerprint density at radius 1 is 0.854 bits per heavy atom. The molecule has 1 heterocycles. The first-order valence-electron chi connectivity index (χ1n) is 15.3. The van der Waals surface area contributed by atoms with Crippen molar-refractivity contribution < 1.29 is 28.9 Å². The fraction of sp³-hybridized carbons (Fsp3) is 0.216. The van der Waals surface area contributed by atoms with Gasteiger partial charge in [-0.15, -0.1) is 0 Å². The van der Waals surface area contributed by atoms with Gasteiger partial charge in [-0.2, -0.15) is 0 Å². The molecule has 1 aromatic heterocycles. The number of unbranched alkanes of at least 4 members (excludes halogenated alkanes) is 1. The van der Waals surface area contributed by atoms with E-state index in [-0.39, 0.29) is 11.5 Å². The number of aromatic carboxylic acids is 1. The van der Waals surface area contributed by atoms with Gasteiger partial charge in [-0.3, -0.25) is 4.79 Å². The van der Waals surface area contributed by atoms with Crippen molar-refractivity contribution in [2.24, 2.45) is 0 Å². The first-order chi connectivity index (χ1) is 23.2. The third kappa shape index (κ3) is 8.48. The maximum atomic E-state index is 13.8. The van der Waals surface area contributed by atoms with Crippen molar-refractivity contribution in [1.29, 1.82) is 0 Å². The van der Waals surface area contributed by atoms with E-state index in [1.165, 1.54) is 26.4 Å². The van der Waals surface area contributed by atoms with Crippen molar-refractivity contribution in [2.45, 2.75) is 38.8 Å². The van der Waals surface area contributed by atoms with Gasteiger partial charge in [0.2, 0.25) is 0 Å². The average molecular weight is 689 g/mol. The van der Waals surface area contributed by atoms with Gasteiger partial charge < -0.3 is 29.2 Å². The molecule has 1 atom stereocenters. The molecule has 5 aromatic rings. The molecule has 11 heteroatoms. The summed E-state index contributed by atoms with van der Waals surface area (Å²) >= 11 is 12.8. The maximum absolute atomic E-state index is 13.8. The highest BCUT2D eigenvalue weighted by atomic mass is 35.5. The van der Waals surface area contributed by atoms with E-state index in [1.54, 1.807) is 42.5 Å². The number of carboxylic acid groups (broad SMARTS) is 1. The van der Waals surface area contributed by atoms with Crippen molar-refractivity contribution in [2.75, 3.05) is 14.2 Å². The first-order valence-corrected chi connectivity index (χ1v) is 16.1. The molecule has 0 unspecified atom stereocenters. The number of hydrogen-bond acceptors (Lipinski definition) is 6. The molecule has 1 amide bonds. The lowest BCUT2D eigenvalue weighted by atomic mass is 10.0. The smallest absolute Gasteiger partial charge is 0.335 e. The average Bonchev–Trinajstić information content (AvgIpc) is 3.51. The minimum atomic E-state index is -1.00. The lowest BCUT2D eigenvalue weighted by Crippen LogP contribution is -2.32. The first kappa shape index (κ1) is 34.3. The number of methoxy groups -OCH3 is 2. The van der Waals surface area contributed by atoms with Gasteiger partial charge in [0.1, 0.15) is 28.8 Å². The van der Waals surface area contributed by atoms with E-state index in [4.69, 9.17) is 47.5 Å². The molecule has 0 aliphatic carbocycles. The molecule has 48 heavy (non-hydrogen) atoms. The number of benzene rings is 4. The van der Waals surface area contributed by atoms with Gasteiger partial charge in [0.15, 0.2) is 0 Å². The number of nitrogens with zero attached hydrogens (tertiary/aromatic N) is 2. The molecule has 248 valence electrons. The normalized spacial score (nSPS) is 11.5. The van der Waals surface area contributed by atoms with Crippen molar-refractivity contribution in [3.63, 3.8) is 0 Å². The van der Waals surface area contributed by atoms with Crippen LogP contribution in [-0.2, 0) is 13.0 Å². The van der Waals surface area contributed by atoms with Gasteiger partial charge in [-0.25, -0.2) is 9.78 Å². The van der Waals surface area contributed by atoms with E-state index in [1.807, 2.05) is 36.5 Å². The zero-order valence-electron chi connectivity index (χ0n) is 26.7. The zero-order valence-corrected chi connectivity index (χ0v) is 28.2. The number of halogens is 2. The Morgan fingerprint density at radius 2 is 1.50 bits per heavy atom. The van der Waals surface area contributed by atoms with Crippen molar-refractivity contribution in [1.82, 2.24) is 14.9 Å². The van der Waals surface area contributed by atoms with E-state index < -0.39 is 12.0 Å². The summed E-state index contributed by atoms with van der Waals surface area (Å²) in [5.41, 5.74) is 2.88. The van der Waals surface area contributed by atoms with Crippen LogP contribution in [0.25, 0.3) is 11.3 Å². The molecule has 0 aliphatic heterocycles. The molecule has 0 bridgehead atoms. The van der Waals surface area contributed by atoms with Crippen LogP contribution < -0.4 is 19.5 Å². The highest BCUT2D eigenvalue weighted by molar-refractivity contribution is 6.36. The molecule has 0 aliphatic rings. The number of imidazole rings is 1. The number of hydrogen-bond donors (Lipinski definition) is 2. The molecule has 2 N–H and O–H groups in total. The van der Waals surface area contributed by atoms with Gasteiger partial charge >= 0.3 is 5.97 Å². The lowest BCUT2D eigenvalue weighted by Gasteiger charge is -2.21. The molecular formula is C37H35Cl2N3O6. The number of ether oxygens (including phenoxy) is 3. The number of nitrogens with one attached hydrogen (secondary N) is 1. The molecule has 5 rings (SSSR count). The van der Waals surface area contributed by atoms with Gasteiger partial charge in [0.25, 0.3) is 5.91 Å². The van der Waals surface area contributed by atoms with Crippen LogP contribution in [0.3, 0.4) is 0 Å². The van der Waals surface area contributed by atoms with Crippen molar-refractivity contribution >= 4 is 35.1 Å². The predicted octanol–water partition coefficient (Wildman–Crippen LogP) is 8.88. The number of amides is 1. The van der Waals surface area contributed by atoms with E-state index >= 15 is 0 Å². The van der Waals surface area contributed by atoms with Crippen LogP contribution in [0.2, 0.25) is 10.0 Å². The fourth-order valence-corrected chi connectivity index (χ4v) is 5.67. The summed E-state index contributed by atoms with van der Waals surface area (Å²) in [7, 11) is 3.07. The van der Waals surface area contributed by atoms with Crippen LogP contribution in [0.5, 0.6) is 23.0 Å². The summed E-state index contributed by atoms with van der Waals surface area (Å²) in [4.78, 5) is 30.0. The summed E-state index contributed by atoms with van der Waals surface area (Å²) in [5, 5.41) is 13.4. The van der Waals surface area contributed by atoms with Crippen LogP contribution in [0.1, 0.15) is 57.9 Å². The molecule has 0 spiro atoms. The Kier molecular flexibility index (Phi) is 11.3. The summed E-state index contributed by atoms with van der Waals surface area (Å²) < 4.78 is 18.8. The lowest BCUT2D eigenvalue weighted by molar-refractivity contribution is 0.0696. The van der Waals surface area contributed by atoms with Gasteiger partial charge in [0.05, 0.1) is 36.5 Å². The van der Waals surface area contributed by atoms with Crippen LogP contribution in [0.15, 0.2) is 91.1 Å². The van der Waals surface area contributed by atoms with E-state index in [0.717, 1.165) is 24.0 Å². The topological polar surface area (TPSA) is 112 Å². The molecule has 4 aromatic carbocycles. The van der Waals surface area contributed by atoms with Crippen molar-refractivity contribution in [3.05, 3.63) is 124 Å². The highest BCUT2D eigenvalue weighted by Crippen LogP contribution is 2.32. The zero-order chi connectivity index (χ0) is 34.2. The second-order valence-corrected chi connectivity index (χ2v) is 11.9. The summed E-state index contributed by atoms with van der Waals surface area (Å²) in [6, 6.07) is 23.5. The van der Waals surface area contributed by atoms with Crippen LogP contribution in [-0.4, -0.2) is 40.8 Å². The Morgan fingerprint density at radius 3 is 2.08 bits per heavy atom. The molecule has 9 nitrogen and oxygen atoms in total. The quantitative estimate of drug-likeness (QED) is 0.120. The Hall–Kier alpha value is -4.99. The Bertz CT molecular complexity index is 1870. The molecule has 0 saturated carbocycles. The molecular weight excluding hydrogens is 653 g/mol. The number of rotatable bonds is 14. The van der Waals surface area contributed by atoms with Gasteiger partial charge in [0, 0.05) is 35.0 Å². The van der Waals surface area contributed by atoms with Crippen LogP contribution >= 0.6 is 23.2 Å². The summed E-state index contributed by atoms with van der Waals surface area (Å²) in [6.07, 6.45) is 4.25. The molecule has 0 fully saturated rings. The number of carbonyl (C=O) groups is 2. The van der Waals surface area contributed by atoms with E-state index in [2.05, 4.69) is 16.8 Å². The largest absolute Gasteiger partial charge is 0.497 e. The Balaban J connectivity index is 1.48. The maximum Gasteiger partial charge on any atom is 0.335 e. The van der Waals surface area contributed by atoms with Crippen LogP contribution in [0, 0.1) is 0 Å². The standard InChI is InChI=1S/C37H35Cl2N3O6/c1-4-5-16-42-22-34(31-15-10-26(38)20-32(31)39)40-35(42)33(41-36(43)25-18-29(46-2)21-30(19-25)47-3)17-23-6-11-27(12-7-23)48-28-13-8-24(9-14-28)37(44)45/h6-15,18-22,33H,4-5,16-17H2,1-3H3,(H,41,43)(H,44,45)/t33-/m0/s1. The number of aryl methyl sites for hydroxylation is 1. The number of carbonyl (C=O) groups excluding carboxylic acids is 1. The SMILES string of the molecule is CCCCn1cc(-c2ccc(Cl)cc2Cl)nc1[C@H](Cc1ccc(Oc2ccc(C(=O)O)cc2)cc1)NC(=O)c1cc(OC)cc(OC)c1.